The maximum absolute atomic E-state index is 10.6. The van der Waals surface area contributed by atoms with Crippen molar-refractivity contribution in [1.82, 2.24) is 0 Å². The van der Waals surface area contributed by atoms with Crippen molar-refractivity contribution in [3.8, 4) is 0 Å². The number of unbranched alkanes of at least 4 members (excludes halogenated alkanes) is 1. The van der Waals surface area contributed by atoms with Crippen molar-refractivity contribution in [2.24, 2.45) is 5.92 Å². The number of rotatable bonds is 8. The van der Waals surface area contributed by atoms with E-state index in [0.29, 0.717) is 17.9 Å². The predicted molar refractivity (Wildman–Crippen MR) is 79.0 cm³/mol. The standard InChI is InChI=1S/C15H25ClO3/c1-6-7-8-19-13(4)14(16)15(5,18)12(3)9-11(2)10-17/h9-10,12,18H,6-8H2,1-5H3/b11-9+,14-13-. The molecule has 0 saturated carbocycles. The summed E-state index contributed by atoms with van der Waals surface area (Å²) in [7, 11) is 0. The van der Waals surface area contributed by atoms with E-state index in [2.05, 4.69) is 6.92 Å². The minimum Gasteiger partial charge on any atom is -0.497 e. The topological polar surface area (TPSA) is 46.5 Å². The third-order valence-electron chi connectivity index (χ3n) is 3.16. The summed E-state index contributed by atoms with van der Waals surface area (Å²) in [5, 5.41) is 10.8. The van der Waals surface area contributed by atoms with Crippen LogP contribution in [0.4, 0.5) is 0 Å². The fraction of sp³-hybridized carbons (Fsp3) is 0.667. The lowest BCUT2D eigenvalue weighted by Gasteiger charge is -2.29. The van der Waals surface area contributed by atoms with E-state index in [1.807, 2.05) is 6.92 Å². The van der Waals surface area contributed by atoms with E-state index in [0.717, 1.165) is 19.1 Å². The normalized spacial score (nSPS) is 18.4. The first-order valence-corrected chi connectivity index (χ1v) is 7.00. The lowest BCUT2D eigenvalue weighted by atomic mass is 9.88. The van der Waals surface area contributed by atoms with Gasteiger partial charge in [-0.05, 0) is 32.8 Å². The molecule has 110 valence electrons. The molecule has 4 heteroatoms. The highest BCUT2D eigenvalue weighted by molar-refractivity contribution is 6.30. The zero-order chi connectivity index (χ0) is 15.1. The zero-order valence-electron chi connectivity index (χ0n) is 12.5. The molecule has 0 rings (SSSR count). The Labute approximate surface area is 121 Å². The van der Waals surface area contributed by atoms with E-state index in [1.54, 1.807) is 26.8 Å². The van der Waals surface area contributed by atoms with Gasteiger partial charge in [0.05, 0.1) is 11.6 Å². The van der Waals surface area contributed by atoms with Crippen LogP contribution in [0.2, 0.25) is 0 Å². The molecule has 0 aromatic heterocycles. The number of carbonyl (C=O) groups excluding carboxylic acids is 1. The second kappa shape index (κ2) is 8.39. The van der Waals surface area contributed by atoms with Crippen molar-refractivity contribution in [2.75, 3.05) is 6.61 Å². The third-order valence-corrected chi connectivity index (χ3v) is 3.80. The Morgan fingerprint density at radius 2 is 2.05 bits per heavy atom. The Hall–Kier alpha value is -0.800. The number of hydrogen-bond donors (Lipinski definition) is 1. The summed E-state index contributed by atoms with van der Waals surface area (Å²) in [4.78, 5) is 10.6. The first-order chi connectivity index (χ1) is 8.77. The van der Waals surface area contributed by atoms with Crippen molar-refractivity contribution >= 4 is 17.9 Å². The van der Waals surface area contributed by atoms with E-state index < -0.39 is 5.60 Å². The van der Waals surface area contributed by atoms with Crippen molar-refractivity contribution in [1.29, 1.82) is 0 Å². The van der Waals surface area contributed by atoms with Gasteiger partial charge < -0.3 is 9.84 Å². The minimum atomic E-state index is -1.25. The lowest BCUT2D eigenvalue weighted by molar-refractivity contribution is -0.104. The average molecular weight is 289 g/mol. The van der Waals surface area contributed by atoms with Gasteiger partial charge in [0, 0.05) is 5.92 Å². The number of aliphatic hydroxyl groups is 1. The van der Waals surface area contributed by atoms with E-state index in [9.17, 15) is 9.90 Å². The van der Waals surface area contributed by atoms with Gasteiger partial charge in [-0.15, -0.1) is 0 Å². The average Bonchev–Trinajstić information content (AvgIpc) is 2.37. The van der Waals surface area contributed by atoms with Crippen molar-refractivity contribution in [3.63, 3.8) is 0 Å². The highest BCUT2D eigenvalue weighted by atomic mass is 35.5. The molecule has 0 aliphatic heterocycles. The van der Waals surface area contributed by atoms with Gasteiger partial charge in [0.2, 0.25) is 0 Å². The smallest absolute Gasteiger partial charge is 0.145 e. The Morgan fingerprint density at radius 1 is 1.47 bits per heavy atom. The first kappa shape index (κ1) is 18.2. The molecule has 3 nitrogen and oxygen atoms in total. The fourth-order valence-electron chi connectivity index (χ4n) is 1.59. The summed E-state index contributed by atoms with van der Waals surface area (Å²) in [6.45, 7) is 9.55. The molecule has 0 aromatic carbocycles. The molecule has 0 heterocycles. The van der Waals surface area contributed by atoms with Gasteiger partial charge in [-0.25, -0.2) is 0 Å². The van der Waals surface area contributed by atoms with Crippen molar-refractivity contribution in [2.45, 2.75) is 53.1 Å². The molecule has 0 bridgehead atoms. The Balaban J connectivity index is 4.95. The molecule has 0 saturated heterocycles. The molecule has 2 atom stereocenters. The van der Waals surface area contributed by atoms with E-state index in [1.165, 1.54) is 0 Å². The van der Waals surface area contributed by atoms with Crippen LogP contribution in [0.5, 0.6) is 0 Å². The van der Waals surface area contributed by atoms with Crippen LogP contribution in [-0.4, -0.2) is 23.6 Å². The van der Waals surface area contributed by atoms with Crippen LogP contribution in [0.3, 0.4) is 0 Å². The Bertz CT molecular complexity index is 356. The highest BCUT2D eigenvalue weighted by Gasteiger charge is 2.32. The Kier molecular flexibility index (Phi) is 8.03. The molecule has 0 aliphatic carbocycles. The van der Waals surface area contributed by atoms with Crippen molar-refractivity contribution in [3.05, 3.63) is 22.4 Å². The second-order valence-corrected chi connectivity index (χ2v) is 5.41. The van der Waals surface area contributed by atoms with Crippen LogP contribution in [-0.2, 0) is 9.53 Å². The predicted octanol–water partition coefficient (Wildman–Crippen LogP) is 3.81. The zero-order valence-corrected chi connectivity index (χ0v) is 13.3. The van der Waals surface area contributed by atoms with Gasteiger partial charge in [-0.3, -0.25) is 4.79 Å². The monoisotopic (exact) mass is 288 g/mol. The SMILES string of the molecule is CCCCO/C(C)=C(\Cl)C(C)(O)C(C)/C=C(\C)C=O. The molecule has 0 aromatic rings. The van der Waals surface area contributed by atoms with Crippen LogP contribution in [0.15, 0.2) is 22.4 Å². The number of halogens is 1. The van der Waals surface area contributed by atoms with Gasteiger partial charge in [0.25, 0.3) is 0 Å². The molecule has 0 aliphatic rings. The quantitative estimate of drug-likeness (QED) is 0.320. The first-order valence-electron chi connectivity index (χ1n) is 6.62. The lowest BCUT2D eigenvalue weighted by Crippen LogP contribution is -2.33. The summed E-state index contributed by atoms with van der Waals surface area (Å²) in [6, 6.07) is 0. The number of carbonyl (C=O) groups is 1. The van der Waals surface area contributed by atoms with Crippen molar-refractivity contribution < 1.29 is 14.6 Å². The van der Waals surface area contributed by atoms with Gasteiger partial charge in [-0.1, -0.05) is 37.9 Å². The summed E-state index contributed by atoms with van der Waals surface area (Å²) >= 11 is 6.21. The van der Waals surface area contributed by atoms with Gasteiger partial charge >= 0.3 is 0 Å². The molecule has 0 fully saturated rings. The highest BCUT2D eigenvalue weighted by Crippen LogP contribution is 2.32. The van der Waals surface area contributed by atoms with Crippen LogP contribution in [0.1, 0.15) is 47.5 Å². The number of hydrogen-bond acceptors (Lipinski definition) is 3. The molecule has 0 spiro atoms. The van der Waals surface area contributed by atoms with E-state index >= 15 is 0 Å². The van der Waals surface area contributed by atoms with E-state index in [4.69, 9.17) is 16.3 Å². The molecular weight excluding hydrogens is 264 g/mol. The van der Waals surface area contributed by atoms with Crippen LogP contribution < -0.4 is 0 Å². The molecule has 1 N–H and O–H groups in total. The van der Waals surface area contributed by atoms with Gasteiger partial charge in [-0.2, -0.15) is 0 Å². The molecule has 19 heavy (non-hydrogen) atoms. The minimum absolute atomic E-state index is 0.282. The van der Waals surface area contributed by atoms with Crippen LogP contribution in [0.25, 0.3) is 0 Å². The maximum atomic E-state index is 10.6. The number of aldehydes is 1. The molecule has 2 unspecified atom stereocenters. The largest absolute Gasteiger partial charge is 0.497 e. The molecule has 0 amide bonds. The summed E-state index contributed by atoms with van der Waals surface area (Å²) in [6.07, 6.45) is 4.45. The Morgan fingerprint density at radius 3 is 2.53 bits per heavy atom. The van der Waals surface area contributed by atoms with Gasteiger partial charge in [0.15, 0.2) is 0 Å². The van der Waals surface area contributed by atoms with Crippen LogP contribution >= 0.6 is 11.6 Å². The summed E-state index contributed by atoms with van der Waals surface area (Å²) in [5.41, 5.74) is -0.677. The van der Waals surface area contributed by atoms with Gasteiger partial charge in [0.1, 0.15) is 17.6 Å². The second-order valence-electron chi connectivity index (χ2n) is 5.04. The third kappa shape index (κ3) is 5.79. The van der Waals surface area contributed by atoms with E-state index in [-0.39, 0.29) is 11.0 Å². The molecule has 0 radical (unpaired) electrons. The number of allylic oxidation sites excluding steroid dienone is 2. The van der Waals surface area contributed by atoms with Crippen LogP contribution in [0, 0.1) is 5.92 Å². The summed E-state index contributed by atoms with van der Waals surface area (Å²) < 4.78 is 5.51. The summed E-state index contributed by atoms with van der Waals surface area (Å²) in [5.74, 6) is 0.249. The maximum Gasteiger partial charge on any atom is 0.145 e. The molecular formula is C15H25ClO3. The number of ether oxygens (including phenoxy) is 1. The fourth-order valence-corrected chi connectivity index (χ4v) is 1.81.